The van der Waals surface area contributed by atoms with E-state index in [1.54, 1.807) is 0 Å². The van der Waals surface area contributed by atoms with Gasteiger partial charge >= 0.3 is 0 Å². The standard InChI is InChI=1S/C25H30N8/c1-16-5-4-6-23(30-16)25-20(13-28-32-25)21-7-8-22-24(31-21)11-19(12-27-22)26-9-10-33-14-17(2)29-18(3)15-33/h4-8,11-13,17-18,26,29H,9-10,14-15H2,1-3H3,(H,28,32)/t17-,18+. The number of rotatable bonds is 6. The van der Waals surface area contributed by atoms with Crippen LogP contribution in [0.25, 0.3) is 33.7 Å². The van der Waals surface area contributed by atoms with Crippen molar-refractivity contribution in [3.05, 3.63) is 54.5 Å². The normalized spacial score (nSPS) is 19.1. The SMILES string of the molecule is Cc1cccc(-c2n[nH]cc2-c2ccc3ncc(NCCN4C[C@@H](C)N[C@@H](C)C4)cc3n2)n1. The van der Waals surface area contributed by atoms with Crippen molar-refractivity contribution in [3.63, 3.8) is 0 Å². The van der Waals surface area contributed by atoms with Gasteiger partial charge in [-0.25, -0.2) is 4.98 Å². The molecule has 0 aliphatic carbocycles. The van der Waals surface area contributed by atoms with Crippen molar-refractivity contribution in [1.29, 1.82) is 0 Å². The molecule has 2 atom stereocenters. The molecule has 1 fully saturated rings. The maximum atomic E-state index is 4.90. The van der Waals surface area contributed by atoms with Crippen LogP contribution in [-0.2, 0) is 0 Å². The third-order valence-electron chi connectivity index (χ3n) is 5.97. The fraction of sp³-hybridized carbons (Fsp3) is 0.360. The summed E-state index contributed by atoms with van der Waals surface area (Å²) in [6.45, 7) is 10.5. The van der Waals surface area contributed by atoms with E-state index in [9.17, 15) is 0 Å². The Morgan fingerprint density at radius 1 is 1.03 bits per heavy atom. The fourth-order valence-electron chi connectivity index (χ4n) is 4.59. The highest BCUT2D eigenvalue weighted by Gasteiger charge is 2.20. The Kier molecular flexibility index (Phi) is 6.02. The molecule has 0 aromatic carbocycles. The molecule has 4 aromatic heterocycles. The summed E-state index contributed by atoms with van der Waals surface area (Å²) in [5, 5.41) is 14.5. The van der Waals surface area contributed by atoms with Gasteiger partial charge in [0.15, 0.2) is 0 Å². The number of H-pyrrole nitrogens is 1. The molecule has 4 aromatic rings. The van der Waals surface area contributed by atoms with Crippen LogP contribution in [0.2, 0.25) is 0 Å². The number of fused-ring (bicyclic) bond motifs is 1. The van der Waals surface area contributed by atoms with Gasteiger partial charge in [0.1, 0.15) is 5.69 Å². The molecule has 0 radical (unpaired) electrons. The molecule has 5 rings (SSSR count). The predicted molar refractivity (Wildman–Crippen MR) is 132 cm³/mol. The van der Waals surface area contributed by atoms with Crippen molar-refractivity contribution in [1.82, 2.24) is 35.4 Å². The summed E-state index contributed by atoms with van der Waals surface area (Å²) in [5.41, 5.74) is 7.06. The third-order valence-corrected chi connectivity index (χ3v) is 5.97. The third kappa shape index (κ3) is 4.86. The molecule has 1 saturated heterocycles. The summed E-state index contributed by atoms with van der Waals surface area (Å²) in [5.74, 6) is 0. The number of hydrogen-bond donors (Lipinski definition) is 3. The molecule has 0 amide bonds. The summed E-state index contributed by atoms with van der Waals surface area (Å²) in [4.78, 5) is 16.6. The molecule has 33 heavy (non-hydrogen) atoms. The number of anilines is 1. The minimum atomic E-state index is 0.529. The minimum absolute atomic E-state index is 0.529. The lowest BCUT2D eigenvalue weighted by molar-refractivity contribution is 0.179. The number of aromatic nitrogens is 5. The monoisotopic (exact) mass is 442 g/mol. The second-order valence-corrected chi connectivity index (χ2v) is 8.93. The highest BCUT2D eigenvalue weighted by Crippen LogP contribution is 2.29. The van der Waals surface area contributed by atoms with Crippen LogP contribution in [0.1, 0.15) is 19.5 Å². The maximum Gasteiger partial charge on any atom is 0.120 e. The van der Waals surface area contributed by atoms with Gasteiger partial charge < -0.3 is 10.6 Å². The number of aryl methyl sites for hydroxylation is 1. The first-order valence-electron chi connectivity index (χ1n) is 11.5. The van der Waals surface area contributed by atoms with Crippen LogP contribution in [0.5, 0.6) is 0 Å². The van der Waals surface area contributed by atoms with E-state index in [4.69, 9.17) is 4.98 Å². The smallest absolute Gasteiger partial charge is 0.120 e. The number of hydrogen-bond acceptors (Lipinski definition) is 7. The zero-order valence-corrected chi connectivity index (χ0v) is 19.3. The van der Waals surface area contributed by atoms with E-state index in [0.29, 0.717) is 12.1 Å². The first kappa shape index (κ1) is 21.5. The van der Waals surface area contributed by atoms with Gasteiger partial charge in [-0.15, -0.1) is 0 Å². The molecule has 0 bridgehead atoms. The van der Waals surface area contributed by atoms with E-state index in [2.05, 4.69) is 55.6 Å². The zero-order chi connectivity index (χ0) is 22.8. The van der Waals surface area contributed by atoms with Crippen molar-refractivity contribution >= 4 is 16.7 Å². The molecule has 1 aliphatic rings. The lowest BCUT2D eigenvalue weighted by Gasteiger charge is -2.36. The molecule has 8 heteroatoms. The van der Waals surface area contributed by atoms with Gasteiger partial charge in [0, 0.05) is 55.7 Å². The van der Waals surface area contributed by atoms with Crippen molar-refractivity contribution in [2.75, 3.05) is 31.5 Å². The Balaban J connectivity index is 1.33. The second-order valence-electron chi connectivity index (χ2n) is 8.93. The topological polar surface area (TPSA) is 94.7 Å². The Morgan fingerprint density at radius 3 is 2.70 bits per heavy atom. The van der Waals surface area contributed by atoms with E-state index in [-0.39, 0.29) is 0 Å². The van der Waals surface area contributed by atoms with E-state index in [1.807, 2.05) is 49.6 Å². The minimum Gasteiger partial charge on any atom is -0.382 e. The highest BCUT2D eigenvalue weighted by atomic mass is 15.2. The molecule has 0 saturated carbocycles. The summed E-state index contributed by atoms with van der Waals surface area (Å²) in [6.07, 6.45) is 3.76. The lowest BCUT2D eigenvalue weighted by atomic mass is 10.1. The average molecular weight is 443 g/mol. The van der Waals surface area contributed by atoms with Crippen molar-refractivity contribution in [2.45, 2.75) is 32.9 Å². The number of piperazine rings is 1. The molecule has 1 aliphatic heterocycles. The fourth-order valence-corrected chi connectivity index (χ4v) is 4.59. The van der Waals surface area contributed by atoms with Crippen molar-refractivity contribution < 1.29 is 0 Å². The first-order chi connectivity index (χ1) is 16.0. The van der Waals surface area contributed by atoms with Crippen LogP contribution in [0.15, 0.2) is 48.8 Å². The van der Waals surface area contributed by atoms with Crippen molar-refractivity contribution in [2.24, 2.45) is 0 Å². The molecular weight excluding hydrogens is 412 g/mol. The summed E-state index contributed by atoms with van der Waals surface area (Å²) in [6, 6.07) is 13.1. The van der Waals surface area contributed by atoms with Gasteiger partial charge in [-0.2, -0.15) is 5.10 Å². The van der Waals surface area contributed by atoms with Gasteiger partial charge in [0.05, 0.1) is 34.3 Å². The van der Waals surface area contributed by atoms with Crippen molar-refractivity contribution in [3.8, 4) is 22.6 Å². The van der Waals surface area contributed by atoms with E-state index in [0.717, 1.165) is 71.2 Å². The number of pyridine rings is 3. The van der Waals surface area contributed by atoms with Gasteiger partial charge in [-0.1, -0.05) is 6.07 Å². The Hall–Kier alpha value is -3.36. The summed E-state index contributed by atoms with van der Waals surface area (Å²) < 4.78 is 0. The molecule has 3 N–H and O–H groups in total. The number of nitrogens with one attached hydrogen (secondary N) is 3. The van der Waals surface area contributed by atoms with E-state index in [1.165, 1.54) is 0 Å². The number of aromatic amines is 1. The molecule has 0 unspecified atom stereocenters. The van der Waals surface area contributed by atoms with Crippen LogP contribution >= 0.6 is 0 Å². The van der Waals surface area contributed by atoms with Crippen LogP contribution in [0, 0.1) is 6.92 Å². The van der Waals surface area contributed by atoms with Crippen LogP contribution < -0.4 is 10.6 Å². The molecule has 0 spiro atoms. The van der Waals surface area contributed by atoms with Gasteiger partial charge in [-0.3, -0.25) is 20.0 Å². The first-order valence-corrected chi connectivity index (χ1v) is 11.5. The Morgan fingerprint density at radius 2 is 1.88 bits per heavy atom. The Labute approximate surface area is 193 Å². The highest BCUT2D eigenvalue weighted by molar-refractivity contribution is 5.83. The van der Waals surface area contributed by atoms with Gasteiger partial charge in [-0.05, 0) is 51.1 Å². The maximum absolute atomic E-state index is 4.90. The number of nitrogens with zero attached hydrogens (tertiary/aromatic N) is 5. The van der Waals surface area contributed by atoms with E-state index >= 15 is 0 Å². The van der Waals surface area contributed by atoms with Gasteiger partial charge in [0.2, 0.25) is 0 Å². The van der Waals surface area contributed by atoms with E-state index < -0.39 is 0 Å². The van der Waals surface area contributed by atoms with Crippen LogP contribution in [0.4, 0.5) is 5.69 Å². The summed E-state index contributed by atoms with van der Waals surface area (Å²) in [7, 11) is 0. The predicted octanol–water partition coefficient (Wildman–Crippen LogP) is 3.48. The molecule has 170 valence electrons. The molecule has 5 heterocycles. The average Bonchev–Trinajstić information content (AvgIpc) is 3.28. The zero-order valence-electron chi connectivity index (χ0n) is 19.3. The van der Waals surface area contributed by atoms with Gasteiger partial charge in [0.25, 0.3) is 0 Å². The molecular formula is C25H30N8. The summed E-state index contributed by atoms with van der Waals surface area (Å²) >= 11 is 0. The largest absolute Gasteiger partial charge is 0.382 e. The molecule has 8 nitrogen and oxygen atoms in total. The second kappa shape index (κ2) is 9.25. The van der Waals surface area contributed by atoms with Crippen LogP contribution in [-0.4, -0.2) is 68.3 Å². The quantitative estimate of drug-likeness (QED) is 0.421. The lowest BCUT2D eigenvalue weighted by Crippen LogP contribution is -2.54. The van der Waals surface area contributed by atoms with Crippen LogP contribution in [0.3, 0.4) is 0 Å². The Bertz CT molecular complexity index is 1240.